The molecule has 0 unspecified atom stereocenters. The van der Waals surface area contributed by atoms with Crippen LogP contribution >= 0.6 is 0 Å². The zero-order chi connectivity index (χ0) is 20.7. The Hall–Kier alpha value is -3.16. The number of benzene rings is 2. The number of nitrogens with one attached hydrogen (secondary N) is 1. The predicted molar refractivity (Wildman–Crippen MR) is 118 cm³/mol. The molecule has 2 aromatic heterocycles. The molecule has 0 amide bonds. The topological polar surface area (TPSA) is 65.9 Å². The van der Waals surface area contributed by atoms with E-state index in [1.54, 1.807) is 11.5 Å². The zero-order valence-electron chi connectivity index (χ0n) is 17.3. The van der Waals surface area contributed by atoms with Crippen LogP contribution in [0.1, 0.15) is 5.56 Å². The number of hydrogen-bond acceptors (Lipinski definition) is 5. The van der Waals surface area contributed by atoms with Gasteiger partial charge in [-0.05, 0) is 36.4 Å². The molecule has 1 aliphatic rings. The molecule has 1 aliphatic heterocycles. The number of aromatic amines is 1. The molecule has 7 heteroatoms. The molecule has 7 nitrogen and oxygen atoms in total. The first kappa shape index (κ1) is 18.8. The van der Waals surface area contributed by atoms with E-state index in [2.05, 4.69) is 39.2 Å². The summed E-state index contributed by atoms with van der Waals surface area (Å²) in [4.78, 5) is 17.2. The Morgan fingerprint density at radius 1 is 1.07 bits per heavy atom. The number of methoxy groups -OCH3 is 1. The van der Waals surface area contributed by atoms with E-state index in [0.29, 0.717) is 5.65 Å². The van der Waals surface area contributed by atoms with Crippen molar-refractivity contribution in [1.82, 2.24) is 24.4 Å². The van der Waals surface area contributed by atoms with Crippen LogP contribution < -0.4 is 10.4 Å². The third-order valence-electron chi connectivity index (χ3n) is 6.00. The molecule has 5 rings (SSSR count). The molecular formula is C23H25N5O2. The number of piperazine rings is 1. The first-order chi connectivity index (χ1) is 14.7. The second kappa shape index (κ2) is 7.59. The van der Waals surface area contributed by atoms with Crippen LogP contribution in [0.5, 0.6) is 5.75 Å². The van der Waals surface area contributed by atoms with Gasteiger partial charge in [0.25, 0.3) is 0 Å². The van der Waals surface area contributed by atoms with Crippen LogP contribution in [-0.4, -0.2) is 64.7 Å². The average molecular weight is 403 g/mol. The van der Waals surface area contributed by atoms with Gasteiger partial charge in [-0.25, -0.2) is 14.3 Å². The fourth-order valence-corrected chi connectivity index (χ4v) is 4.38. The van der Waals surface area contributed by atoms with E-state index < -0.39 is 0 Å². The highest BCUT2D eigenvalue weighted by Gasteiger charge is 2.20. The lowest BCUT2D eigenvalue weighted by Crippen LogP contribution is -2.43. The highest BCUT2D eigenvalue weighted by atomic mass is 16.5. The fourth-order valence-electron chi connectivity index (χ4n) is 4.38. The smallest absolute Gasteiger partial charge is 0.348 e. The van der Waals surface area contributed by atoms with Crippen LogP contribution in [-0.2, 0) is 6.54 Å². The Labute approximate surface area is 174 Å². The number of H-pyrrole nitrogens is 1. The summed E-state index contributed by atoms with van der Waals surface area (Å²) in [6.07, 6.45) is 0. The maximum Gasteiger partial charge on any atom is 0.348 e. The molecule has 0 saturated carbocycles. The van der Waals surface area contributed by atoms with Crippen molar-refractivity contribution in [3.05, 3.63) is 64.6 Å². The summed E-state index contributed by atoms with van der Waals surface area (Å²) in [5, 5.41) is 7.80. The highest BCUT2D eigenvalue weighted by molar-refractivity contribution is 5.99. The number of hydrogen-bond donors (Lipinski definition) is 1. The number of rotatable bonds is 4. The lowest BCUT2D eigenvalue weighted by Gasteiger charge is -2.33. The molecule has 1 N–H and O–H groups in total. The van der Waals surface area contributed by atoms with Crippen LogP contribution in [0.4, 0.5) is 0 Å². The molecule has 2 aromatic carbocycles. The van der Waals surface area contributed by atoms with Gasteiger partial charge in [-0.15, -0.1) is 0 Å². The molecule has 0 atom stereocenters. The van der Waals surface area contributed by atoms with E-state index >= 15 is 0 Å². The lowest BCUT2D eigenvalue weighted by molar-refractivity contribution is 0.148. The summed E-state index contributed by atoms with van der Waals surface area (Å²) >= 11 is 0. The Morgan fingerprint density at radius 2 is 1.87 bits per heavy atom. The number of fused-ring (bicyclic) bond motifs is 3. The Balaban J connectivity index is 1.71. The summed E-state index contributed by atoms with van der Waals surface area (Å²) in [5.41, 5.74) is 4.51. The quantitative estimate of drug-likeness (QED) is 0.567. The molecule has 0 radical (unpaired) electrons. The molecule has 0 bridgehead atoms. The van der Waals surface area contributed by atoms with Crippen molar-refractivity contribution in [3.63, 3.8) is 0 Å². The van der Waals surface area contributed by atoms with E-state index in [9.17, 15) is 4.79 Å². The first-order valence-electron chi connectivity index (χ1n) is 10.2. The number of nitrogens with zero attached hydrogens (tertiary/aromatic N) is 4. The third kappa shape index (κ3) is 3.16. The molecule has 0 aliphatic carbocycles. The largest absolute Gasteiger partial charge is 0.496 e. The Morgan fingerprint density at radius 3 is 2.67 bits per heavy atom. The lowest BCUT2D eigenvalue weighted by atomic mass is 9.95. The van der Waals surface area contributed by atoms with Crippen molar-refractivity contribution in [2.45, 2.75) is 6.54 Å². The van der Waals surface area contributed by atoms with Gasteiger partial charge in [0.15, 0.2) is 5.65 Å². The molecule has 1 fully saturated rings. The second-order valence-corrected chi connectivity index (χ2v) is 7.87. The van der Waals surface area contributed by atoms with E-state index in [4.69, 9.17) is 4.74 Å². The number of aromatic nitrogens is 3. The molecule has 1 saturated heterocycles. The summed E-state index contributed by atoms with van der Waals surface area (Å²) in [6.45, 7) is 5.09. The van der Waals surface area contributed by atoms with Crippen LogP contribution in [0, 0.1) is 0 Å². The van der Waals surface area contributed by atoms with E-state index in [-0.39, 0.29) is 5.69 Å². The van der Waals surface area contributed by atoms with Crippen LogP contribution in [0.25, 0.3) is 27.7 Å². The van der Waals surface area contributed by atoms with Crippen LogP contribution in [0.15, 0.2) is 53.3 Å². The third-order valence-corrected chi connectivity index (χ3v) is 6.00. The van der Waals surface area contributed by atoms with Crippen molar-refractivity contribution in [1.29, 1.82) is 0 Å². The van der Waals surface area contributed by atoms with Gasteiger partial charge in [0, 0.05) is 43.7 Å². The molecular weight excluding hydrogens is 378 g/mol. The number of likely N-dealkylation sites (N-methyl/N-ethyl adjacent to an activating group) is 1. The normalized spacial score (nSPS) is 15.8. The predicted octanol–water partition coefficient (Wildman–Crippen LogP) is 2.60. The maximum atomic E-state index is 12.3. The van der Waals surface area contributed by atoms with Crippen molar-refractivity contribution in [3.8, 4) is 16.9 Å². The van der Waals surface area contributed by atoms with Gasteiger partial charge in [0.05, 0.1) is 12.6 Å². The van der Waals surface area contributed by atoms with Crippen molar-refractivity contribution < 1.29 is 4.74 Å². The molecule has 30 heavy (non-hydrogen) atoms. The van der Waals surface area contributed by atoms with Crippen molar-refractivity contribution in [2.24, 2.45) is 0 Å². The van der Waals surface area contributed by atoms with Gasteiger partial charge in [-0.1, -0.05) is 30.3 Å². The van der Waals surface area contributed by atoms with Crippen molar-refractivity contribution in [2.75, 3.05) is 40.3 Å². The van der Waals surface area contributed by atoms with E-state index in [1.807, 2.05) is 36.4 Å². The standard InChI is InChI=1S/C23H25N5O2/c1-26-10-12-27(13-11-26)15-16-6-5-9-20(30-2)22(16)18-14-21-24-25-23(29)28(21)19-8-4-3-7-17(18)19/h3-9,14H,10-13,15H2,1-2H3,(H,25,29). The summed E-state index contributed by atoms with van der Waals surface area (Å²) in [7, 11) is 3.87. The summed E-state index contributed by atoms with van der Waals surface area (Å²) in [6, 6.07) is 16.1. The second-order valence-electron chi connectivity index (χ2n) is 7.87. The minimum Gasteiger partial charge on any atom is -0.496 e. The molecule has 4 aromatic rings. The molecule has 3 heterocycles. The molecule has 0 spiro atoms. The Kier molecular flexibility index (Phi) is 4.77. The first-order valence-corrected chi connectivity index (χ1v) is 10.2. The summed E-state index contributed by atoms with van der Waals surface area (Å²) in [5.74, 6) is 0.828. The number of ether oxygens (including phenoxy) is 1. The molecule has 154 valence electrons. The van der Waals surface area contributed by atoms with Crippen LogP contribution in [0.2, 0.25) is 0 Å². The monoisotopic (exact) mass is 403 g/mol. The van der Waals surface area contributed by atoms with Gasteiger partial charge in [0.2, 0.25) is 0 Å². The fraction of sp³-hybridized carbons (Fsp3) is 0.304. The van der Waals surface area contributed by atoms with E-state index in [1.165, 1.54) is 5.56 Å². The number of para-hydroxylation sites is 1. The minimum absolute atomic E-state index is 0.231. The van der Waals surface area contributed by atoms with Gasteiger partial charge >= 0.3 is 5.69 Å². The Bertz CT molecular complexity index is 1270. The van der Waals surface area contributed by atoms with Crippen molar-refractivity contribution >= 4 is 16.6 Å². The SMILES string of the molecule is COc1cccc(CN2CCN(C)CC2)c1-c1cc2n[nH]c(=O)n2c2ccccc12. The average Bonchev–Trinajstić information content (AvgIpc) is 3.15. The zero-order valence-corrected chi connectivity index (χ0v) is 17.3. The minimum atomic E-state index is -0.231. The van der Waals surface area contributed by atoms with Crippen LogP contribution in [0.3, 0.4) is 0 Å². The van der Waals surface area contributed by atoms with Gasteiger partial charge in [-0.3, -0.25) is 4.90 Å². The summed E-state index contributed by atoms with van der Waals surface area (Å²) < 4.78 is 7.41. The number of pyridine rings is 1. The van der Waals surface area contributed by atoms with E-state index in [0.717, 1.165) is 60.5 Å². The van der Waals surface area contributed by atoms with Gasteiger partial charge in [-0.2, -0.15) is 5.10 Å². The highest BCUT2D eigenvalue weighted by Crippen LogP contribution is 2.38. The van der Waals surface area contributed by atoms with Gasteiger partial charge < -0.3 is 9.64 Å². The maximum absolute atomic E-state index is 12.3. The van der Waals surface area contributed by atoms with Gasteiger partial charge in [0.1, 0.15) is 5.75 Å².